The van der Waals surface area contributed by atoms with Gasteiger partial charge in [0.2, 0.25) is 0 Å². The van der Waals surface area contributed by atoms with Gasteiger partial charge in [0, 0.05) is 11.0 Å². The lowest BCUT2D eigenvalue weighted by atomic mass is 9.98. The lowest BCUT2D eigenvalue weighted by Gasteiger charge is -2.16. The van der Waals surface area contributed by atoms with Gasteiger partial charge in [-0.15, -0.1) is 0 Å². The minimum atomic E-state index is -0.533. The molecule has 0 saturated carbocycles. The lowest BCUT2D eigenvalue weighted by molar-refractivity contribution is 0.0944. The third-order valence-electron chi connectivity index (χ3n) is 3.05. The number of nitrogen functional groups attached to an aromatic ring is 1. The molecule has 3 N–H and O–H groups in total. The van der Waals surface area contributed by atoms with Crippen molar-refractivity contribution in [1.82, 2.24) is 5.32 Å². The number of anilines is 1. The van der Waals surface area contributed by atoms with E-state index in [0.717, 1.165) is 0 Å². The van der Waals surface area contributed by atoms with Crippen LogP contribution in [0.4, 0.5) is 10.1 Å². The van der Waals surface area contributed by atoms with Crippen molar-refractivity contribution in [3.05, 3.63) is 28.0 Å². The normalized spacial score (nSPS) is 12.6. The van der Waals surface area contributed by atoms with E-state index in [1.165, 1.54) is 12.1 Å². The Kier molecular flexibility index (Phi) is 5.14. The molecule has 1 atom stereocenters. The number of carbonyl (C=O) groups excluding carboxylic acids is 1. The van der Waals surface area contributed by atoms with Crippen LogP contribution in [0, 0.1) is 17.7 Å². The van der Waals surface area contributed by atoms with E-state index < -0.39 is 5.82 Å². The molecule has 1 rings (SSSR count). The fourth-order valence-electron chi connectivity index (χ4n) is 1.32. The molecule has 0 fully saturated rings. The Morgan fingerprint density at radius 3 is 2.61 bits per heavy atom. The highest BCUT2D eigenvalue weighted by molar-refractivity contribution is 9.10. The van der Waals surface area contributed by atoms with Crippen molar-refractivity contribution in [3.8, 4) is 0 Å². The van der Waals surface area contributed by atoms with Gasteiger partial charge >= 0.3 is 0 Å². The van der Waals surface area contributed by atoms with Crippen molar-refractivity contribution in [2.45, 2.75) is 20.8 Å². The molecule has 100 valence electrons. The molecule has 1 unspecified atom stereocenters. The lowest BCUT2D eigenvalue weighted by Crippen LogP contribution is -2.30. The van der Waals surface area contributed by atoms with Gasteiger partial charge in [0.1, 0.15) is 5.82 Å². The number of nitrogens with two attached hydrogens (primary N) is 1. The Morgan fingerprint density at radius 1 is 1.44 bits per heavy atom. The van der Waals surface area contributed by atoms with Crippen LogP contribution in [0.15, 0.2) is 16.6 Å². The van der Waals surface area contributed by atoms with Crippen molar-refractivity contribution in [2.24, 2.45) is 11.8 Å². The number of hydrogen-bond acceptors (Lipinski definition) is 2. The molecule has 5 heteroatoms. The van der Waals surface area contributed by atoms with Gasteiger partial charge in [-0.25, -0.2) is 4.39 Å². The molecular weight excluding hydrogens is 299 g/mol. The fraction of sp³-hybridized carbons (Fsp3) is 0.462. The summed E-state index contributed by atoms with van der Waals surface area (Å²) < 4.78 is 13.6. The number of amides is 1. The van der Waals surface area contributed by atoms with Crippen LogP contribution in [-0.4, -0.2) is 12.5 Å². The van der Waals surface area contributed by atoms with Gasteiger partial charge in [-0.2, -0.15) is 0 Å². The van der Waals surface area contributed by atoms with Gasteiger partial charge in [-0.1, -0.05) is 20.8 Å². The number of halogens is 2. The number of nitrogens with one attached hydrogen (secondary N) is 1. The van der Waals surface area contributed by atoms with Gasteiger partial charge in [-0.3, -0.25) is 4.79 Å². The molecule has 0 spiro atoms. The van der Waals surface area contributed by atoms with Crippen molar-refractivity contribution in [2.75, 3.05) is 12.3 Å². The quantitative estimate of drug-likeness (QED) is 0.838. The maximum absolute atomic E-state index is 13.2. The van der Waals surface area contributed by atoms with Gasteiger partial charge in [0.15, 0.2) is 0 Å². The second-order valence-corrected chi connectivity index (χ2v) is 5.64. The topological polar surface area (TPSA) is 55.1 Å². The van der Waals surface area contributed by atoms with Crippen LogP contribution >= 0.6 is 15.9 Å². The van der Waals surface area contributed by atoms with E-state index in [1.54, 1.807) is 0 Å². The molecule has 1 aromatic carbocycles. The van der Waals surface area contributed by atoms with Crippen molar-refractivity contribution in [3.63, 3.8) is 0 Å². The number of hydrogen-bond donors (Lipinski definition) is 2. The van der Waals surface area contributed by atoms with Gasteiger partial charge < -0.3 is 11.1 Å². The largest absolute Gasteiger partial charge is 0.396 e. The van der Waals surface area contributed by atoms with E-state index in [4.69, 9.17) is 5.73 Å². The summed E-state index contributed by atoms with van der Waals surface area (Å²) in [5, 5.41) is 2.82. The van der Waals surface area contributed by atoms with E-state index in [2.05, 4.69) is 42.0 Å². The summed E-state index contributed by atoms with van der Waals surface area (Å²) in [6.07, 6.45) is 0. The van der Waals surface area contributed by atoms with Crippen LogP contribution < -0.4 is 11.1 Å². The minimum absolute atomic E-state index is 0.0275. The van der Waals surface area contributed by atoms with Crippen LogP contribution in [-0.2, 0) is 0 Å². The van der Waals surface area contributed by atoms with Crippen LogP contribution in [0.2, 0.25) is 0 Å². The van der Waals surface area contributed by atoms with E-state index in [1.807, 2.05) is 0 Å². The summed E-state index contributed by atoms with van der Waals surface area (Å²) in [7, 11) is 0. The van der Waals surface area contributed by atoms with Crippen molar-refractivity contribution < 1.29 is 9.18 Å². The zero-order valence-electron chi connectivity index (χ0n) is 10.8. The number of carbonyl (C=O) groups is 1. The Labute approximate surface area is 115 Å². The maximum atomic E-state index is 13.2. The average Bonchev–Trinajstić information content (AvgIpc) is 2.30. The molecule has 0 bridgehead atoms. The molecule has 1 aromatic rings. The third-order valence-corrected chi connectivity index (χ3v) is 3.71. The van der Waals surface area contributed by atoms with Gasteiger partial charge in [0.25, 0.3) is 5.91 Å². The first-order chi connectivity index (χ1) is 8.32. The predicted octanol–water partition coefficient (Wildman–Crippen LogP) is 3.19. The Hall–Kier alpha value is -1.10. The highest BCUT2D eigenvalue weighted by atomic mass is 79.9. The van der Waals surface area contributed by atoms with Crippen LogP contribution in [0.1, 0.15) is 31.1 Å². The van der Waals surface area contributed by atoms with Gasteiger partial charge in [-0.05, 0) is 39.9 Å². The zero-order chi connectivity index (χ0) is 13.9. The molecular formula is C13H18BrFN2O. The minimum Gasteiger partial charge on any atom is -0.396 e. The Bertz CT molecular complexity index is 449. The maximum Gasteiger partial charge on any atom is 0.252 e. The Morgan fingerprint density at radius 2 is 2.06 bits per heavy atom. The smallest absolute Gasteiger partial charge is 0.252 e. The highest BCUT2D eigenvalue weighted by Crippen LogP contribution is 2.22. The summed E-state index contributed by atoms with van der Waals surface area (Å²) in [6, 6.07) is 2.55. The number of benzene rings is 1. The third kappa shape index (κ3) is 3.70. The molecule has 0 aliphatic heterocycles. The second-order valence-electron chi connectivity index (χ2n) is 4.78. The molecule has 18 heavy (non-hydrogen) atoms. The second kappa shape index (κ2) is 6.18. The molecule has 3 nitrogen and oxygen atoms in total. The molecule has 0 aliphatic rings. The fourth-order valence-corrected chi connectivity index (χ4v) is 1.82. The van der Waals surface area contributed by atoms with Crippen molar-refractivity contribution >= 4 is 27.5 Å². The summed E-state index contributed by atoms with van der Waals surface area (Å²) in [5.74, 6) is 0.0904. The summed E-state index contributed by atoms with van der Waals surface area (Å²) in [6.45, 7) is 6.85. The number of rotatable bonds is 4. The molecule has 0 saturated heterocycles. The summed E-state index contributed by atoms with van der Waals surface area (Å²) in [4.78, 5) is 11.9. The zero-order valence-corrected chi connectivity index (χ0v) is 12.3. The van der Waals surface area contributed by atoms with Crippen LogP contribution in [0.5, 0.6) is 0 Å². The predicted molar refractivity (Wildman–Crippen MR) is 74.8 cm³/mol. The SMILES string of the molecule is CC(C)C(C)CNC(=O)c1cc(N)c(F)cc1Br. The van der Waals surface area contributed by atoms with E-state index in [-0.39, 0.29) is 11.6 Å². The summed E-state index contributed by atoms with van der Waals surface area (Å²) >= 11 is 3.16. The van der Waals surface area contributed by atoms with E-state index in [9.17, 15) is 9.18 Å². The summed E-state index contributed by atoms with van der Waals surface area (Å²) in [5.41, 5.74) is 5.78. The first-order valence-corrected chi connectivity index (χ1v) is 6.65. The molecule has 0 heterocycles. The van der Waals surface area contributed by atoms with Crippen LogP contribution in [0.3, 0.4) is 0 Å². The van der Waals surface area contributed by atoms with E-state index >= 15 is 0 Å². The monoisotopic (exact) mass is 316 g/mol. The van der Waals surface area contributed by atoms with E-state index in [0.29, 0.717) is 28.4 Å². The van der Waals surface area contributed by atoms with Crippen LogP contribution in [0.25, 0.3) is 0 Å². The first kappa shape index (κ1) is 15.0. The molecule has 0 aliphatic carbocycles. The first-order valence-electron chi connectivity index (χ1n) is 5.85. The molecule has 0 radical (unpaired) electrons. The Balaban J connectivity index is 2.76. The standard InChI is InChI=1S/C13H18BrFN2O/c1-7(2)8(3)6-17-13(18)9-4-12(16)11(15)5-10(9)14/h4-5,7-8H,6,16H2,1-3H3,(H,17,18). The molecule has 0 aromatic heterocycles. The van der Waals surface area contributed by atoms with Crippen molar-refractivity contribution in [1.29, 1.82) is 0 Å². The molecule has 1 amide bonds. The van der Waals surface area contributed by atoms with Gasteiger partial charge in [0.05, 0.1) is 11.3 Å². The highest BCUT2D eigenvalue weighted by Gasteiger charge is 2.15. The average molecular weight is 317 g/mol.